The van der Waals surface area contributed by atoms with Crippen LogP contribution in [0.5, 0.6) is 0 Å². The van der Waals surface area contributed by atoms with Gasteiger partial charge in [0.25, 0.3) is 5.91 Å². The standard InChI is InChI=1S/C13H21N5O/c1-17(2)10-5-8-18(9-6-10)13(19)11-4-3-7-15-12(11)16-14/h3-4,7,10H,5-6,8-9,14H2,1-2H3,(H,15,16). The highest BCUT2D eigenvalue weighted by Crippen LogP contribution is 2.19. The summed E-state index contributed by atoms with van der Waals surface area (Å²) < 4.78 is 0. The van der Waals surface area contributed by atoms with Crippen molar-refractivity contribution < 1.29 is 4.79 Å². The van der Waals surface area contributed by atoms with Crippen LogP contribution in [-0.2, 0) is 0 Å². The summed E-state index contributed by atoms with van der Waals surface area (Å²) in [6, 6.07) is 4.06. The lowest BCUT2D eigenvalue weighted by Crippen LogP contribution is -2.44. The second kappa shape index (κ2) is 5.99. The minimum absolute atomic E-state index is 0.00161. The molecule has 1 aromatic heterocycles. The summed E-state index contributed by atoms with van der Waals surface area (Å²) >= 11 is 0. The maximum atomic E-state index is 12.4. The molecule has 0 aromatic carbocycles. The van der Waals surface area contributed by atoms with Gasteiger partial charge in [0, 0.05) is 25.3 Å². The Morgan fingerprint density at radius 2 is 2.16 bits per heavy atom. The largest absolute Gasteiger partial charge is 0.338 e. The van der Waals surface area contributed by atoms with Crippen molar-refractivity contribution in [2.75, 3.05) is 32.6 Å². The van der Waals surface area contributed by atoms with Gasteiger partial charge in [-0.15, -0.1) is 0 Å². The Hall–Kier alpha value is -1.66. The molecule has 2 heterocycles. The molecule has 1 aliphatic rings. The van der Waals surface area contributed by atoms with Crippen LogP contribution in [0, 0.1) is 0 Å². The number of carbonyl (C=O) groups excluding carboxylic acids is 1. The maximum absolute atomic E-state index is 12.4. The van der Waals surface area contributed by atoms with Gasteiger partial charge in [-0.05, 0) is 39.1 Å². The molecular formula is C13H21N5O. The second-order valence-corrected chi connectivity index (χ2v) is 5.03. The van der Waals surface area contributed by atoms with Gasteiger partial charge in [-0.1, -0.05) is 0 Å². The lowest BCUT2D eigenvalue weighted by atomic mass is 10.0. The summed E-state index contributed by atoms with van der Waals surface area (Å²) in [6.07, 6.45) is 3.62. The number of nitrogens with zero attached hydrogens (tertiary/aromatic N) is 3. The van der Waals surface area contributed by atoms with Crippen molar-refractivity contribution in [3.8, 4) is 0 Å². The van der Waals surface area contributed by atoms with Gasteiger partial charge in [0.15, 0.2) is 5.82 Å². The predicted octanol–water partition coefficient (Wildman–Crippen LogP) is 0.533. The van der Waals surface area contributed by atoms with Crippen LogP contribution in [0.1, 0.15) is 23.2 Å². The van der Waals surface area contributed by atoms with E-state index in [0.717, 1.165) is 25.9 Å². The molecular weight excluding hydrogens is 242 g/mol. The fourth-order valence-electron chi connectivity index (χ4n) is 2.45. The number of nitrogen functional groups attached to an aromatic ring is 1. The van der Waals surface area contributed by atoms with Gasteiger partial charge in [0.05, 0.1) is 5.56 Å². The number of nitrogens with two attached hydrogens (primary N) is 1. The van der Waals surface area contributed by atoms with E-state index in [4.69, 9.17) is 5.84 Å². The third-order valence-electron chi connectivity index (χ3n) is 3.66. The molecule has 6 heteroatoms. The van der Waals surface area contributed by atoms with Crippen LogP contribution in [0.3, 0.4) is 0 Å². The molecule has 19 heavy (non-hydrogen) atoms. The van der Waals surface area contributed by atoms with Gasteiger partial charge >= 0.3 is 0 Å². The Bertz CT molecular complexity index is 440. The highest BCUT2D eigenvalue weighted by atomic mass is 16.2. The normalized spacial score (nSPS) is 16.7. The first kappa shape index (κ1) is 13.8. The molecule has 0 spiro atoms. The molecule has 0 saturated carbocycles. The number of aromatic nitrogens is 1. The summed E-state index contributed by atoms with van der Waals surface area (Å²) in [5.74, 6) is 5.82. The molecule has 0 atom stereocenters. The molecule has 104 valence electrons. The Morgan fingerprint density at radius 3 is 2.74 bits per heavy atom. The van der Waals surface area contributed by atoms with Crippen LogP contribution < -0.4 is 11.3 Å². The lowest BCUT2D eigenvalue weighted by Gasteiger charge is -2.35. The topological polar surface area (TPSA) is 74.5 Å². The molecule has 1 aromatic rings. The van der Waals surface area contributed by atoms with Crippen LogP contribution in [0.2, 0.25) is 0 Å². The molecule has 1 amide bonds. The zero-order chi connectivity index (χ0) is 13.8. The molecule has 2 rings (SSSR count). The minimum Gasteiger partial charge on any atom is -0.338 e. The van der Waals surface area contributed by atoms with Gasteiger partial charge < -0.3 is 15.2 Å². The number of carbonyl (C=O) groups is 1. The Labute approximate surface area is 113 Å². The average molecular weight is 263 g/mol. The minimum atomic E-state index is -0.00161. The van der Waals surface area contributed by atoms with Crippen molar-refractivity contribution >= 4 is 11.7 Å². The second-order valence-electron chi connectivity index (χ2n) is 5.03. The van der Waals surface area contributed by atoms with E-state index in [1.807, 2.05) is 4.90 Å². The van der Waals surface area contributed by atoms with Crippen LogP contribution in [0.25, 0.3) is 0 Å². The van der Waals surface area contributed by atoms with Gasteiger partial charge in [-0.25, -0.2) is 10.8 Å². The van der Waals surface area contributed by atoms with Gasteiger partial charge in [-0.2, -0.15) is 0 Å². The predicted molar refractivity (Wildman–Crippen MR) is 74.7 cm³/mol. The molecule has 0 aliphatic carbocycles. The van der Waals surface area contributed by atoms with E-state index >= 15 is 0 Å². The first-order chi connectivity index (χ1) is 9.13. The Balaban J connectivity index is 2.05. The Morgan fingerprint density at radius 1 is 1.47 bits per heavy atom. The number of amides is 1. The van der Waals surface area contributed by atoms with Gasteiger partial charge in [0.1, 0.15) is 0 Å². The molecule has 1 aliphatic heterocycles. The van der Waals surface area contributed by atoms with Crippen molar-refractivity contribution in [3.63, 3.8) is 0 Å². The average Bonchev–Trinajstić information content (AvgIpc) is 2.46. The first-order valence-electron chi connectivity index (χ1n) is 6.51. The molecule has 0 unspecified atom stereocenters. The van der Waals surface area contributed by atoms with Crippen LogP contribution >= 0.6 is 0 Å². The summed E-state index contributed by atoms with van der Waals surface area (Å²) in [5, 5.41) is 0. The maximum Gasteiger partial charge on any atom is 0.257 e. The monoisotopic (exact) mass is 263 g/mol. The molecule has 1 fully saturated rings. The summed E-state index contributed by atoms with van der Waals surface area (Å²) in [6.45, 7) is 1.56. The fourth-order valence-corrected chi connectivity index (χ4v) is 2.45. The number of nitrogens with one attached hydrogen (secondary N) is 1. The zero-order valence-electron chi connectivity index (χ0n) is 11.5. The molecule has 3 N–H and O–H groups in total. The molecule has 0 radical (unpaired) electrons. The van der Waals surface area contributed by atoms with Crippen LogP contribution in [-0.4, -0.2) is 53.9 Å². The molecule has 0 bridgehead atoms. The van der Waals surface area contributed by atoms with Gasteiger partial charge in [0.2, 0.25) is 0 Å². The van der Waals surface area contributed by atoms with E-state index in [2.05, 4.69) is 29.4 Å². The zero-order valence-corrected chi connectivity index (χ0v) is 11.5. The smallest absolute Gasteiger partial charge is 0.257 e. The van der Waals surface area contributed by atoms with Crippen molar-refractivity contribution in [2.24, 2.45) is 5.84 Å². The number of piperidine rings is 1. The highest BCUT2D eigenvalue weighted by Gasteiger charge is 2.25. The van der Waals surface area contributed by atoms with Crippen molar-refractivity contribution in [2.45, 2.75) is 18.9 Å². The third kappa shape index (κ3) is 3.02. The van der Waals surface area contributed by atoms with E-state index in [1.54, 1.807) is 18.3 Å². The van der Waals surface area contributed by atoms with Crippen LogP contribution in [0.4, 0.5) is 5.82 Å². The number of hydrazine groups is 1. The van der Waals surface area contributed by atoms with Crippen molar-refractivity contribution in [1.29, 1.82) is 0 Å². The Kier molecular flexibility index (Phi) is 4.34. The summed E-state index contributed by atoms with van der Waals surface area (Å²) in [4.78, 5) is 20.6. The highest BCUT2D eigenvalue weighted by molar-refractivity contribution is 5.98. The van der Waals surface area contributed by atoms with E-state index < -0.39 is 0 Å². The third-order valence-corrected chi connectivity index (χ3v) is 3.66. The fraction of sp³-hybridized carbons (Fsp3) is 0.538. The lowest BCUT2D eigenvalue weighted by molar-refractivity contribution is 0.0664. The molecule has 1 saturated heterocycles. The summed E-state index contributed by atoms with van der Waals surface area (Å²) in [7, 11) is 4.17. The van der Waals surface area contributed by atoms with Crippen molar-refractivity contribution in [3.05, 3.63) is 23.9 Å². The van der Waals surface area contributed by atoms with E-state index in [9.17, 15) is 4.79 Å². The number of pyridine rings is 1. The van der Waals surface area contributed by atoms with Crippen molar-refractivity contribution in [1.82, 2.24) is 14.8 Å². The number of hydrogen-bond acceptors (Lipinski definition) is 5. The van der Waals surface area contributed by atoms with E-state index in [1.165, 1.54) is 0 Å². The van der Waals surface area contributed by atoms with E-state index in [0.29, 0.717) is 17.4 Å². The molecule has 6 nitrogen and oxygen atoms in total. The van der Waals surface area contributed by atoms with E-state index in [-0.39, 0.29) is 5.91 Å². The first-order valence-corrected chi connectivity index (χ1v) is 6.51. The number of hydrogen-bond donors (Lipinski definition) is 2. The van der Waals surface area contributed by atoms with Crippen LogP contribution in [0.15, 0.2) is 18.3 Å². The number of rotatable bonds is 3. The SMILES string of the molecule is CN(C)C1CCN(C(=O)c2cccnc2NN)CC1. The summed E-state index contributed by atoms with van der Waals surface area (Å²) in [5.41, 5.74) is 3.01. The quantitative estimate of drug-likeness (QED) is 0.615. The number of anilines is 1. The number of likely N-dealkylation sites (tertiary alicyclic amines) is 1. The van der Waals surface area contributed by atoms with Gasteiger partial charge in [-0.3, -0.25) is 4.79 Å².